The lowest BCUT2D eigenvalue weighted by Gasteiger charge is -2.14. The Labute approximate surface area is 158 Å². The molecule has 2 N–H and O–H groups in total. The molecule has 0 atom stereocenters. The summed E-state index contributed by atoms with van der Waals surface area (Å²) >= 11 is 0. The number of rotatable bonds is 6. The fourth-order valence-corrected chi connectivity index (χ4v) is 1.91. The van der Waals surface area contributed by atoms with Gasteiger partial charge < -0.3 is 24.6 Å². The summed E-state index contributed by atoms with van der Waals surface area (Å²) in [4.78, 5) is 8.29. The molecular weight excluding hydrogens is 425 g/mol. The first-order valence-electron chi connectivity index (χ1n) is 7.24. The molecule has 0 aliphatic carbocycles. The van der Waals surface area contributed by atoms with Crippen LogP contribution >= 0.6 is 24.0 Å². The lowest BCUT2D eigenvalue weighted by Crippen LogP contribution is -2.30. The van der Waals surface area contributed by atoms with Crippen LogP contribution < -0.4 is 20.1 Å². The van der Waals surface area contributed by atoms with Crippen LogP contribution in [0, 0.1) is 6.92 Å². The van der Waals surface area contributed by atoms with Gasteiger partial charge in [0.15, 0.2) is 23.3 Å². The van der Waals surface area contributed by atoms with Crippen molar-refractivity contribution in [3.8, 4) is 11.5 Å². The second-order valence-electron chi connectivity index (χ2n) is 4.58. The Kier molecular flexibility index (Phi) is 8.30. The second kappa shape index (κ2) is 9.96. The number of anilines is 1. The lowest BCUT2D eigenvalue weighted by atomic mass is 10.2. The van der Waals surface area contributed by atoms with Gasteiger partial charge in [0.1, 0.15) is 0 Å². The summed E-state index contributed by atoms with van der Waals surface area (Å²) in [5.74, 6) is 3.03. The largest absolute Gasteiger partial charge is 0.493 e. The standard InChI is InChI=1S/C15H21N5O3.HI/c1-5-22-13-8-11(6-7-12(13)21-4)19-15(16-3)17-9-14-18-10(2)23-20-14;/h6-8H,5,9H2,1-4H3,(H2,16,17,19);1H. The number of halogens is 1. The summed E-state index contributed by atoms with van der Waals surface area (Å²) in [6, 6.07) is 5.57. The van der Waals surface area contributed by atoms with Crippen LogP contribution in [0.3, 0.4) is 0 Å². The predicted octanol–water partition coefficient (Wildman–Crippen LogP) is 2.59. The van der Waals surface area contributed by atoms with Crippen LogP contribution in [0.2, 0.25) is 0 Å². The van der Waals surface area contributed by atoms with Crippen molar-refractivity contribution in [2.45, 2.75) is 20.4 Å². The van der Waals surface area contributed by atoms with E-state index in [4.69, 9.17) is 14.0 Å². The smallest absolute Gasteiger partial charge is 0.223 e. The number of hydrogen-bond donors (Lipinski definition) is 2. The number of nitrogens with zero attached hydrogens (tertiary/aromatic N) is 3. The van der Waals surface area contributed by atoms with Crippen LogP contribution in [0.4, 0.5) is 5.69 Å². The number of aromatic nitrogens is 2. The van der Waals surface area contributed by atoms with E-state index in [-0.39, 0.29) is 24.0 Å². The average molecular weight is 447 g/mol. The quantitative estimate of drug-likeness (QED) is 0.400. The molecule has 0 saturated carbocycles. The maximum absolute atomic E-state index is 5.56. The van der Waals surface area contributed by atoms with Gasteiger partial charge in [-0.3, -0.25) is 4.99 Å². The first-order chi connectivity index (χ1) is 11.2. The Balaban J connectivity index is 0.00000288. The Morgan fingerprint density at radius 3 is 2.71 bits per heavy atom. The molecule has 0 radical (unpaired) electrons. The van der Waals surface area contributed by atoms with Crippen LogP contribution in [0.5, 0.6) is 11.5 Å². The zero-order valence-electron chi connectivity index (χ0n) is 14.1. The molecule has 2 rings (SSSR count). The minimum atomic E-state index is 0. The first kappa shape index (κ1) is 20.0. The molecule has 0 unspecified atom stereocenters. The average Bonchev–Trinajstić information content (AvgIpc) is 2.97. The van der Waals surface area contributed by atoms with E-state index in [9.17, 15) is 0 Å². The van der Waals surface area contributed by atoms with Crippen molar-refractivity contribution in [1.29, 1.82) is 0 Å². The van der Waals surface area contributed by atoms with Crippen molar-refractivity contribution in [2.75, 3.05) is 26.1 Å². The van der Waals surface area contributed by atoms with Crippen LogP contribution in [0.25, 0.3) is 0 Å². The van der Waals surface area contributed by atoms with Gasteiger partial charge in [-0.2, -0.15) is 4.98 Å². The van der Waals surface area contributed by atoms with Crippen LogP contribution in [-0.2, 0) is 6.54 Å². The third-order valence-electron chi connectivity index (χ3n) is 2.93. The molecule has 8 nitrogen and oxygen atoms in total. The third-order valence-corrected chi connectivity index (χ3v) is 2.93. The monoisotopic (exact) mass is 447 g/mol. The number of nitrogens with one attached hydrogen (secondary N) is 2. The van der Waals surface area contributed by atoms with Crippen molar-refractivity contribution in [2.24, 2.45) is 4.99 Å². The number of methoxy groups -OCH3 is 1. The first-order valence-corrected chi connectivity index (χ1v) is 7.24. The number of ether oxygens (including phenoxy) is 2. The normalized spacial score (nSPS) is 10.8. The maximum atomic E-state index is 5.56. The maximum Gasteiger partial charge on any atom is 0.223 e. The molecular formula is C15H22IN5O3. The molecule has 0 bridgehead atoms. The Hall–Kier alpha value is -2.04. The molecule has 24 heavy (non-hydrogen) atoms. The number of benzene rings is 1. The van der Waals surface area contributed by atoms with Crippen LogP contribution in [-0.4, -0.2) is 36.9 Å². The minimum absolute atomic E-state index is 0. The van der Waals surface area contributed by atoms with E-state index in [1.807, 2.05) is 25.1 Å². The lowest BCUT2D eigenvalue weighted by molar-refractivity contribution is 0.311. The van der Waals surface area contributed by atoms with Gasteiger partial charge in [-0.05, 0) is 19.1 Å². The van der Waals surface area contributed by atoms with Crippen LogP contribution in [0.1, 0.15) is 18.6 Å². The number of aryl methyl sites for hydroxylation is 1. The Morgan fingerprint density at radius 2 is 2.12 bits per heavy atom. The number of aliphatic imine (C=N–C) groups is 1. The highest BCUT2D eigenvalue weighted by molar-refractivity contribution is 14.0. The second-order valence-corrected chi connectivity index (χ2v) is 4.58. The molecule has 0 fully saturated rings. The number of guanidine groups is 1. The predicted molar refractivity (Wildman–Crippen MR) is 102 cm³/mol. The molecule has 1 heterocycles. The zero-order chi connectivity index (χ0) is 16.7. The van der Waals surface area contributed by atoms with Gasteiger partial charge in [0, 0.05) is 25.7 Å². The van der Waals surface area contributed by atoms with E-state index in [2.05, 4.69) is 25.8 Å². The summed E-state index contributed by atoms with van der Waals surface area (Å²) in [5.41, 5.74) is 0.826. The van der Waals surface area contributed by atoms with Gasteiger partial charge in [0.05, 0.1) is 20.3 Å². The van der Waals surface area contributed by atoms with E-state index in [0.717, 1.165) is 5.69 Å². The molecule has 0 saturated heterocycles. The van der Waals surface area contributed by atoms with E-state index in [1.165, 1.54) is 0 Å². The summed E-state index contributed by atoms with van der Waals surface area (Å²) < 4.78 is 15.7. The molecule has 0 aliphatic rings. The fraction of sp³-hybridized carbons (Fsp3) is 0.400. The number of hydrogen-bond acceptors (Lipinski definition) is 6. The zero-order valence-corrected chi connectivity index (χ0v) is 16.5. The highest BCUT2D eigenvalue weighted by atomic mass is 127. The summed E-state index contributed by atoms with van der Waals surface area (Å²) in [5, 5.41) is 10.1. The topological polar surface area (TPSA) is 93.8 Å². The van der Waals surface area contributed by atoms with Gasteiger partial charge in [-0.15, -0.1) is 24.0 Å². The summed E-state index contributed by atoms with van der Waals surface area (Å²) in [7, 11) is 3.29. The summed E-state index contributed by atoms with van der Waals surface area (Å²) in [6.07, 6.45) is 0. The van der Waals surface area contributed by atoms with Gasteiger partial charge in [0.25, 0.3) is 0 Å². The van der Waals surface area contributed by atoms with Crippen molar-refractivity contribution >= 4 is 35.6 Å². The SMILES string of the molecule is CCOc1cc(NC(=NC)NCc2noc(C)n2)ccc1OC.I. The molecule has 0 amide bonds. The Bertz CT molecular complexity index is 675. The fourth-order valence-electron chi connectivity index (χ4n) is 1.91. The van der Waals surface area contributed by atoms with Crippen molar-refractivity contribution in [3.63, 3.8) is 0 Å². The molecule has 0 spiro atoms. The third kappa shape index (κ3) is 5.55. The van der Waals surface area contributed by atoms with Crippen molar-refractivity contribution < 1.29 is 14.0 Å². The molecule has 1 aromatic carbocycles. The molecule has 1 aromatic heterocycles. The molecule has 0 aliphatic heterocycles. The van der Waals surface area contributed by atoms with Crippen molar-refractivity contribution in [1.82, 2.24) is 15.5 Å². The summed E-state index contributed by atoms with van der Waals surface area (Å²) in [6.45, 7) is 4.64. The highest BCUT2D eigenvalue weighted by Gasteiger charge is 2.08. The molecule has 2 aromatic rings. The van der Waals surface area contributed by atoms with Crippen molar-refractivity contribution in [3.05, 3.63) is 29.9 Å². The molecule has 9 heteroatoms. The Morgan fingerprint density at radius 1 is 1.33 bits per heavy atom. The van der Waals surface area contributed by atoms with Gasteiger partial charge in [-0.25, -0.2) is 0 Å². The van der Waals surface area contributed by atoms with E-state index in [0.29, 0.717) is 42.3 Å². The van der Waals surface area contributed by atoms with E-state index in [1.54, 1.807) is 21.1 Å². The minimum Gasteiger partial charge on any atom is -0.493 e. The highest BCUT2D eigenvalue weighted by Crippen LogP contribution is 2.30. The molecule has 132 valence electrons. The van der Waals surface area contributed by atoms with Crippen LogP contribution in [0.15, 0.2) is 27.7 Å². The van der Waals surface area contributed by atoms with Gasteiger partial charge in [-0.1, -0.05) is 5.16 Å². The van der Waals surface area contributed by atoms with Gasteiger partial charge in [0.2, 0.25) is 5.89 Å². The van der Waals surface area contributed by atoms with E-state index >= 15 is 0 Å². The van der Waals surface area contributed by atoms with E-state index < -0.39 is 0 Å². The van der Waals surface area contributed by atoms with Gasteiger partial charge >= 0.3 is 0 Å².